The smallest absolute Gasteiger partial charge is 0.106 e. The molecule has 0 N–H and O–H groups in total. The van der Waals surface area contributed by atoms with Crippen LogP contribution in [0.5, 0.6) is 0 Å². The Morgan fingerprint density at radius 3 is 2.75 bits per heavy atom. The summed E-state index contributed by atoms with van der Waals surface area (Å²) in [4.78, 5) is 9.84. The van der Waals surface area contributed by atoms with Crippen LogP contribution in [0, 0.1) is 5.92 Å². The van der Waals surface area contributed by atoms with E-state index in [-0.39, 0.29) is 0 Å². The van der Waals surface area contributed by atoms with Gasteiger partial charge in [0.25, 0.3) is 0 Å². The van der Waals surface area contributed by atoms with Gasteiger partial charge in [0.1, 0.15) is 4.60 Å². The van der Waals surface area contributed by atoms with Crippen molar-refractivity contribution in [2.24, 2.45) is 5.92 Å². The lowest BCUT2D eigenvalue weighted by molar-refractivity contribution is 0.326. The van der Waals surface area contributed by atoms with Crippen molar-refractivity contribution in [3.05, 3.63) is 22.4 Å². The standard InChI is InChI=1S/C16H24BrN3/c1-13-5-4-10-20(11-13)15-6-7-16(17)18-14(15)12-19-8-2-3-9-19/h6-7,13H,2-5,8-12H2,1H3. The Balaban J connectivity index is 1.81. The minimum absolute atomic E-state index is 0.798. The average molecular weight is 338 g/mol. The van der Waals surface area contributed by atoms with Gasteiger partial charge in [0.2, 0.25) is 0 Å². The Kier molecular flexibility index (Phi) is 4.61. The summed E-state index contributed by atoms with van der Waals surface area (Å²) in [7, 11) is 0. The molecule has 0 amide bonds. The number of rotatable bonds is 3. The van der Waals surface area contributed by atoms with E-state index in [9.17, 15) is 0 Å². The number of hydrogen-bond donors (Lipinski definition) is 0. The van der Waals surface area contributed by atoms with Crippen LogP contribution in [0.15, 0.2) is 16.7 Å². The zero-order chi connectivity index (χ0) is 13.9. The summed E-state index contributed by atoms with van der Waals surface area (Å²) >= 11 is 3.53. The van der Waals surface area contributed by atoms with Crippen LogP contribution < -0.4 is 4.90 Å². The first-order valence-electron chi connectivity index (χ1n) is 7.85. The van der Waals surface area contributed by atoms with Crippen molar-refractivity contribution in [3.63, 3.8) is 0 Å². The van der Waals surface area contributed by atoms with Crippen molar-refractivity contribution in [2.75, 3.05) is 31.1 Å². The largest absolute Gasteiger partial charge is 0.370 e. The van der Waals surface area contributed by atoms with Gasteiger partial charge in [-0.05, 0) is 72.8 Å². The molecule has 3 rings (SSSR count). The van der Waals surface area contributed by atoms with Crippen molar-refractivity contribution in [2.45, 2.75) is 39.2 Å². The van der Waals surface area contributed by atoms with Crippen molar-refractivity contribution >= 4 is 21.6 Å². The number of nitrogens with zero attached hydrogens (tertiary/aromatic N) is 3. The highest BCUT2D eigenvalue weighted by Crippen LogP contribution is 2.28. The second-order valence-corrected chi connectivity index (χ2v) is 7.09. The fourth-order valence-electron chi connectivity index (χ4n) is 3.43. The van der Waals surface area contributed by atoms with E-state index in [4.69, 9.17) is 4.98 Å². The molecule has 0 spiro atoms. The fraction of sp³-hybridized carbons (Fsp3) is 0.688. The van der Waals surface area contributed by atoms with E-state index in [1.165, 1.54) is 63.2 Å². The third-order valence-corrected chi connectivity index (χ3v) is 4.93. The molecule has 0 bridgehead atoms. The summed E-state index contributed by atoms with van der Waals surface area (Å²) < 4.78 is 0.959. The Bertz CT molecular complexity index is 457. The monoisotopic (exact) mass is 337 g/mol. The molecule has 0 aromatic carbocycles. The number of halogens is 1. The summed E-state index contributed by atoms with van der Waals surface area (Å²) in [6, 6.07) is 4.34. The van der Waals surface area contributed by atoms with Gasteiger partial charge >= 0.3 is 0 Å². The molecule has 1 unspecified atom stereocenters. The van der Waals surface area contributed by atoms with Gasteiger partial charge in [0.05, 0.1) is 11.4 Å². The van der Waals surface area contributed by atoms with E-state index in [0.717, 1.165) is 17.1 Å². The maximum absolute atomic E-state index is 4.77. The zero-order valence-corrected chi connectivity index (χ0v) is 13.9. The molecule has 2 fully saturated rings. The van der Waals surface area contributed by atoms with Crippen LogP contribution in [0.2, 0.25) is 0 Å². The van der Waals surface area contributed by atoms with E-state index in [2.05, 4.69) is 44.8 Å². The Morgan fingerprint density at radius 2 is 2.00 bits per heavy atom. The topological polar surface area (TPSA) is 19.4 Å². The lowest BCUT2D eigenvalue weighted by Gasteiger charge is -2.34. The maximum Gasteiger partial charge on any atom is 0.106 e. The zero-order valence-electron chi connectivity index (χ0n) is 12.3. The lowest BCUT2D eigenvalue weighted by atomic mass is 9.99. The third kappa shape index (κ3) is 3.34. The molecule has 1 aromatic heterocycles. The summed E-state index contributed by atoms with van der Waals surface area (Å²) in [5.74, 6) is 0.798. The molecule has 2 aliphatic heterocycles. The molecule has 0 saturated carbocycles. The molecule has 1 aromatic rings. The fourth-order valence-corrected chi connectivity index (χ4v) is 3.78. The predicted molar refractivity (Wildman–Crippen MR) is 87.1 cm³/mol. The van der Waals surface area contributed by atoms with Crippen LogP contribution in [0.4, 0.5) is 5.69 Å². The van der Waals surface area contributed by atoms with E-state index < -0.39 is 0 Å². The van der Waals surface area contributed by atoms with Crippen molar-refractivity contribution in [1.29, 1.82) is 0 Å². The van der Waals surface area contributed by atoms with Gasteiger partial charge in [-0.15, -0.1) is 0 Å². The highest BCUT2D eigenvalue weighted by Gasteiger charge is 2.21. The van der Waals surface area contributed by atoms with Gasteiger partial charge in [-0.2, -0.15) is 0 Å². The van der Waals surface area contributed by atoms with E-state index in [1.807, 2.05) is 0 Å². The van der Waals surface area contributed by atoms with Gasteiger partial charge in [0, 0.05) is 19.6 Å². The normalized spacial score (nSPS) is 24.3. The summed E-state index contributed by atoms with van der Waals surface area (Å²) in [6.45, 7) is 8.17. The lowest BCUT2D eigenvalue weighted by Crippen LogP contribution is -2.35. The quantitative estimate of drug-likeness (QED) is 0.784. The third-order valence-electron chi connectivity index (χ3n) is 4.49. The van der Waals surface area contributed by atoms with Crippen LogP contribution in [-0.4, -0.2) is 36.1 Å². The Morgan fingerprint density at radius 1 is 1.20 bits per heavy atom. The number of aromatic nitrogens is 1. The highest BCUT2D eigenvalue weighted by atomic mass is 79.9. The molecule has 110 valence electrons. The first-order chi connectivity index (χ1) is 9.72. The van der Waals surface area contributed by atoms with Gasteiger partial charge in [-0.1, -0.05) is 6.92 Å². The summed E-state index contributed by atoms with van der Waals surface area (Å²) in [5, 5.41) is 0. The molecule has 3 heterocycles. The molecule has 0 radical (unpaired) electrons. The van der Waals surface area contributed by atoms with E-state index in [1.54, 1.807) is 0 Å². The Labute approximate surface area is 130 Å². The second kappa shape index (κ2) is 6.44. The van der Waals surface area contributed by atoms with Gasteiger partial charge in [-0.25, -0.2) is 4.98 Å². The maximum atomic E-state index is 4.77. The van der Waals surface area contributed by atoms with Crippen LogP contribution >= 0.6 is 15.9 Å². The highest BCUT2D eigenvalue weighted by molar-refractivity contribution is 9.10. The molecular weight excluding hydrogens is 314 g/mol. The first-order valence-corrected chi connectivity index (χ1v) is 8.64. The van der Waals surface area contributed by atoms with Crippen LogP contribution in [0.1, 0.15) is 38.3 Å². The number of pyridine rings is 1. The minimum Gasteiger partial charge on any atom is -0.370 e. The number of anilines is 1. The van der Waals surface area contributed by atoms with Crippen LogP contribution in [-0.2, 0) is 6.54 Å². The molecule has 20 heavy (non-hydrogen) atoms. The van der Waals surface area contributed by atoms with Crippen LogP contribution in [0.25, 0.3) is 0 Å². The van der Waals surface area contributed by atoms with Crippen molar-refractivity contribution in [3.8, 4) is 0 Å². The molecule has 1 atom stereocenters. The number of likely N-dealkylation sites (tertiary alicyclic amines) is 1. The summed E-state index contributed by atoms with van der Waals surface area (Å²) in [5.41, 5.74) is 2.60. The van der Waals surface area contributed by atoms with Crippen molar-refractivity contribution < 1.29 is 0 Å². The molecular formula is C16H24BrN3. The number of piperidine rings is 1. The molecule has 3 nitrogen and oxygen atoms in total. The van der Waals surface area contributed by atoms with Gasteiger partial charge in [0.15, 0.2) is 0 Å². The van der Waals surface area contributed by atoms with Crippen LogP contribution in [0.3, 0.4) is 0 Å². The molecule has 2 saturated heterocycles. The minimum atomic E-state index is 0.798. The second-order valence-electron chi connectivity index (χ2n) is 6.28. The van der Waals surface area contributed by atoms with Gasteiger partial charge in [-0.3, -0.25) is 4.90 Å². The van der Waals surface area contributed by atoms with Gasteiger partial charge < -0.3 is 4.90 Å². The number of hydrogen-bond acceptors (Lipinski definition) is 3. The van der Waals surface area contributed by atoms with Crippen molar-refractivity contribution in [1.82, 2.24) is 9.88 Å². The average Bonchev–Trinajstić information content (AvgIpc) is 2.92. The first kappa shape index (κ1) is 14.3. The molecule has 4 heteroatoms. The molecule has 2 aliphatic rings. The van der Waals surface area contributed by atoms with E-state index in [0.29, 0.717) is 0 Å². The van der Waals surface area contributed by atoms with E-state index >= 15 is 0 Å². The Hall–Kier alpha value is -0.610. The molecule has 0 aliphatic carbocycles. The SMILES string of the molecule is CC1CCCN(c2ccc(Br)nc2CN2CCCC2)C1. The summed E-state index contributed by atoms with van der Waals surface area (Å²) in [6.07, 6.45) is 5.34. The predicted octanol–water partition coefficient (Wildman–Crippen LogP) is 3.68.